The summed E-state index contributed by atoms with van der Waals surface area (Å²) in [4.78, 5) is 30.4. The molecule has 0 aromatic carbocycles. The summed E-state index contributed by atoms with van der Waals surface area (Å²) >= 11 is 1.42. The number of aromatic nitrogens is 1. The van der Waals surface area contributed by atoms with E-state index in [2.05, 4.69) is 16.8 Å². The Morgan fingerprint density at radius 3 is 2.95 bits per heavy atom. The Bertz CT molecular complexity index is 750. The van der Waals surface area contributed by atoms with E-state index in [1.807, 2.05) is 11.4 Å². The van der Waals surface area contributed by atoms with Crippen molar-refractivity contribution in [2.24, 2.45) is 0 Å². The van der Waals surface area contributed by atoms with Crippen LogP contribution in [0.1, 0.15) is 31.3 Å². The molecule has 104 valence electrons. The molecule has 0 aliphatic carbocycles. The van der Waals surface area contributed by atoms with E-state index in [1.54, 1.807) is 12.1 Å². The molecular formula is C15H10N2O3S. The fourth-order valence-electron chi connectivity index (χ4n) is 2.08. The van der Waals surface area contributed by atoms with Crippen LogP contribution in [0.3, 0.4) is 0 Å². The van der Waals surface area contributed by atoms with Crippen molar-refractivity contribution < 1.29 is 14.7 Å². The van der Waals surface area contributed by atoms with E-state index in [-0.39, 0.29) is 30.7 Å². The number of carbonyl (C=O) groups is 2. The summed E-state index contributed by atoms with van der Waals surface area (Å²) in [5.41, 5.74) is 1.32. The van der Waals surface area contributed by atoms with Crippen molar-refractivity contribution in [1.29, 1.82) is 0 Å². The standard InChI is InChI=1S/C15H10N2O3S/c18-6-2-3-10-7-11(21-9-10)8-17-14(19)12-4-1-5-16-13(12)15(17)20/h1,4-5,7,9,18H,6,8H2. The summed E-state index contributed by atoms with van der Waals surface area (Å²) in [7, 11) is 0. The molecule has 6 heteroatoms. The normalized spacial score (nSPS) is 13.1. The zero-order valence-corrected chi connectivity index (χ0v) is 11.7. The molecule has 5 nitrogen and oxygen atoms in total. The number of amides is 2. The van der Waals surface area contributed by atoms with E-state index in [0.29, 0.717) is 5.56 Å². The molecule has 2 aromatic heterocycles. The lowest BCUT2D eigenvalue weighted by molar-refractivity contribution is 0.0642. The predicted octanol–water partition coefficient (Wildman–Crippen LogP) is 1.28. The van der Waals surface area contributed by atoms with E-state index in [1.165, 1.54) is 22.4 Å². The first-order valence-corrected chi connectivity index (χ1v) is 7.07. The monoisotopic (exact) mass is 298 g/mol. The maximum Gasteiger partial charge on any atom is 0.280 e. The van der Waals surface area contributed by atoms with E-state index < -0.39 is 0 Å². The van der Waals surface area contributed by atoms with Crippen molar-refractivity contribution in [3.63, 3.8) is 0 Å². The smallest absolute Gasteiger partial charge is 0.280 e. The van der Waals surface area contributed by atoms with Crippen LogP contribution in [0, 0.1) is 11.8 Å². The highest BCUT2D eigenvalue weighted by Gasteiger charge is 2.36. The highest BCUT2D eigenvalue weighted by atomic mass is 32.1. The van der Waals surface area contributed by atoms with E-state index >= 15 is 0 Å². The number of nitrogens with zero attached hydrogens (tertiary/aromatic N) is 2. The summed E-state index contributed by atoms with van der Waals surface area (Å²) in [5.74, 6) is 4.66. The van der Waals surface area contributed by atoms with Gasteiger partial charge in [-0.05, 0) is 18.2 Å². The number of aliphatic hydroxyl groups is 1. The maximum atomic E-state index is 12.2. The number of hydrogen-bond donors (Lipinski definition) is 1. The lowest BCUT2D eigenvalue weighted by atomic mass is 10.2. The summed E-state index contributed by atoms with van der Waals surface area (Å²) in [6.45, 7) is 0.00868. The molecule has 1 aliphatic heterocycles. The zero-order chi connectivity index (χ0) is 14.8. The topological polar surface area (TPSA) is 70.5 Å². The van der Waals surface area contributed by atoms with Gasteiger partial charge in [0.1, 0.15) is 12.3 Å². The molecule has 0 radical (unpaired) electrons. The lowest BCUT2D eigenvalue weighted by Gasteiger charge is -2.11. The van der Waals surface area contributed by atoms with Crippen molar-refractivity contribution in [2.45, 2.75) is 6.54 Å². The molecule has 0 bridgehead atoms. The van der Waals surface area contributed by atoms with Gasteiger partial charge in [0.25, 0.3) is 11.8 Å². The Labute approximate surface area is 124 Å². The number of thiophene rings is 1. The van der Waals surface area contributed by atoms with Gasteiger partial charge in [0.2, 0.25) is 0 Å². The van der Waals surface area contributed by atoms with Crippen molar-refractivity contribution in [3.05, 3.63) is 51.5 Å². The molecule has 1 N–H and O–H groups in total. The fraction of sp³-hybridized carbons (Fsp3) is 0.133. The minimum Gasteiger partial charge on any atom is -0.384 e. The van der Waals surface area contributed by atoms with Gasteiger partial charge < -0.3 is 5.11 Å². The Kier molecular flexibility index (Phi) is 3.52. The third-order valence-electron chi connectivity index (χ3n) is 3.01. The average Bonchev–Trinajstić information content (AvgIpc) is 3.05. The highest BCUT2D eigenvalue weighted by molar-refractivity contribution is 7.10. The molecule has 0 saturated carbocycles. The minimum absolute atomic E-state index is 0.199. The van der Waals surface area contributed by atoms with Crippen LogP contribution < -0.4 is 0 Å². The molecule has 2 amide bonds. The number of carbonyl (C=O) groups excluding carboxylic acids is 2. The number of rotatable bonds is 2. The molecule has 1 aliphatic rings. The maximum absolute atomic E-state index is 12.2. The largest absolute Gasteiger partial charge is 0.384 e. The van der Waals surface area contributed by atoms with Gasteiger partial charge in [0.05, 0.1) is 12.1 Å². The second-order valence-corrected chi connectivity index (χ2v) is 5.35. The van der Waals surface area contributed by atoms with Gasteiger partial charge >= 0.3 is 0 Å². The van der Waals surface area contributed by atoms with Crippen molar-refractivity contribution in [2.75, 3.05) is 6.61 Å². The van der Waals surface area contributed by atoms with Crippen LogP contribution in [-0.4, -0.2) is 33.4 Å². The van der Waals surface area contributed by atoms with Gasteiger partial charge in [0.15, 0.2) is 0 Å². The number of hydrogen-bond acceptors (Lipinski definition) is 5. The Hall–Kier alpha value is -2.49. The fourth-order valence-corrected chi connectivity index (χ4v) is 2.89. The number of aliphatic hydroxyl groups excluding tert-OH is 1. The SMILES string of the molecule is O=C1c2cccnc2C(=O)N1Cc1cc(C#CCO)cs1. The molecule has 3 heterocycles. The van der Waals surface area contributed by atoms with Crippen LogP contribution in [-0.2, 0) is 6.54 Å². The predicted molar refractivity (Wildman–Crippen MR) is 76.7 cm³/mol. The molecule has 0 atom stereocenters. The summed E-state index contributed by atoms with van der Waals surface area (Å²) in [5, 5.41) is 10.5. The first-order chi connectivity index (χ1) is 10.2. The van der Waals surface area contributed by atoms with Gasteiger partial charge in [-0.25, -0.2) is 0 Å². The van der Waals surface area contributed by atoms with Gasteiger partial charge in [-0.1, -0.05) is 11.8 Å². The molecule has 3 rings (SSSR count). The van der Waals surface area contributed by atoms with Crippen molar-refractivity contribution in [3.8, 4) is 11.8 Å². The molecule has 21 heavy (non-hydrogen) atoms. The molecule has 2 aromatic rings. The number of pyridine rings is 1. The van der Waals surface area contributed by atoms with Gasteiger partial charge in [-0.3, -0.25) is 19.5 Å². The summed E-state index contributed by atoms with van der Waals surface area (Å²) in [6.07, 6.45) is 1.50. The van der Waals surface area contributed by atoms with Crippen LogP contribution in [0.25, 0.3) is 0 Å². The summed E-state index contributed by atoms with van der Waals surface area (Å²) in [6, 6.07) is 5.06. The molecule has 0 spiro atoms. The van der Waals surface area contributed by atoms with Crippen molar-refractivity contribution >= 4 is 23.2 Å². The third-order valence-corrected chi connectivity index (χ3v) is 3.93. The van der Waals surface area contributed by atoms with Gasteiger partial charge in [-0.15, -0.1) is 11.3 Å². The average molecular weight is 298 g/mol. The third kappa shape index (κ3) is 2.44. The summed E-state index contributed by atoms with van der Waals surface area (Å²) < 4.78 is 0. The zero-order valence-electron chi connectivity index (χ0n) is 10.9. The van der Waals surface area contributed by atoms with E-state index in [4.69, 9.17) is 5.11 Å². The second-order valence-electron chi connectivity index (χ2n) is 4.36. The van der Waals surface area contributed by atoms with Crippen LogP contribution in [0.15, 0.2) is 29.8 Å². The lowest BCUT2D eigenvalue weighted by Crippen LogP contribution is -2.28. The molecule has 0 saturated heterocycles. The van der Waals surface area contributed by atoms with Crippen LogP contribution in [0.2, 0.25) is 0 Å². The quantitative estimate of drug-likeness (QED) is 0.670. The Balaban J connectivity index is 1.82. The Morgan fingerprint density at radius 2 is 2.19 bits per heavy atom. The highest BCUT2D eigenvalue weighted by Crippen LogP contribution is 2.24. The van der Waals surface area contributed by atoms with E-state index in [0.717, 1.165) is 10.4 Å². The minimum atomic E-state index is -0.369. The van der Waals surface area contributed by atoms with Gasteiger partial charge in [0, 0.05) is 22.0 Å². The van der Waals surface area contributed by atoms with Crippen LogP contribution in [0.4, 0.5) is 0 Å². The number of imide groups is 1. The van der Waals surface area contributed by atoms with Crippen LogP contribution >= 0.6 is 11.3 Å². The first kappa shape index (κ1) is 13.5. The first-order valence-electron chi connectivity index (χ1n) is 6.19. The number of fused-ring (bicyclic) bond motifs is 1. The van der Waals surface area contributed by atoms with Crippen molar-refractivity contribution in [1.82, 2.24) is 9.88 Å². The molecular weight excluding hydrogens is 288 g/mol. The Morgan fingerprint density at radius 1 is 1.33 bits per heavy atom. The molecule has 0 fully saturated rings. The van der Waals surface area contributed by atoms with Gasteiger partial charge in [-0.2, -0.15) is 0 Å². The van der Waals surface area contributed by atoms with Crippen LogP contribution in [0.5, 0.6) is 0 Å². The van der Waals surface area contributed by atoms with E-state index in [9.17, 15) is 9.59 Å². The second kappa shape index (κ2) is 5.48. The molecule has 0 unspecified atom stereocenters.